The lowest BCUT2D eigenvalue weighted by atomic mass is 9.79. The first kappa shape index (κ1) is 13.9. The summed E-state index contributed by atoms with van der Waals surface area (Å²) in [6.45, 7) is 6.84. The zero-order valence-corrected chi connectivity index (χ0v) is 13.3. The molecule has 0 radical (unpaired) electrons. The van der Waals surface area contributed by atoms with Gasteiger partial charge in [0.25, 0.3) is 0 Å². The molecular formula is C16H24BrN. The first-order chi connectivity index (χ1) is 8.56. The lowest BCUT2D eigenvalue weighted by molar-refractivity contribution is 0.267. The second-order valence-corrected chi connectivity index (χ2v) is 6.84. The summed E-state index contributed by atoms with van der Waals surface area (Å²) in [6, 6.07) is 7.20. The van der Waals surface area contributed by atoms with Crippen LogP contribution in [0.15, 0.2) is 22.7 Å². The van der Waals surface area contributed by atoms with Gasteiger partial charge in [-0.15, -0.1) is 0 Å². The Balaban J connectivity index is 1.91. The van der Waals surface area contributed by atoms with Crippen molar-refractivity contribution in [3.63, 3.8) is 0 Å². The van der Waals surface area contributed by atoms with Gasteiger partial charge in [-0.2, -0.15) is 0 Å². The van der Waals surface area contributed by atoms with E-state index in [1.165, 1.54) is 41.4 Å². The van der Waals surface area contributed by atoms with Gasteiger partial charge in [0.15, 0.2) is 0 Å². The number of nitrogens with one attached hydrogen (secondary N) is 1. The summed E-state index contributed by atoms with van der Waals surface area (Å²) < 4.78 is 1.19. The van der Waals surface area contributed by atoms with E-state index in [2.05, 4.69) is 60.2 Å². The minimum Gasteiger partial charge on any atom is -0.381 e. The molecule has 0 aromatic heterocycles. The highest BCUT2D eigenvalue weighted by Crippen LogP contribution is 2.32. The molecule has 1 fully saturated rings. The predicted octanol–water partition coefficient (Wildman–Crippen LogP) is 5.38. The molecule has 18 heavy (non-hydrogen) atoms. The standard InChI is InChI=1S/C16H24BrN/c1-11(2)13-5-7-14(8-6-13)18-16-9-4-12(3)10-15(16)17/h4,9-11,13-14,18H,5-8H2,1-3H3. The summed E-state index contributed by atoms with van der Waals surface area (Å²) in [5.74, 6) is 1.78. The van der Waals surface area contributed by atoms with Crippen molar-refractivity contribution in [2.75, 3.05) is 5.32 Å². The van der Waals surface area contributed by atoms with Crippen molar-refractivity contribution in [3.05, 3.63) is 28.2 Å². The largest absolute Gasteiger partial charge is 0.381 e. The van der Waals surface area contributed by atoms with Gasteiger partial charge < -0.3 is 5.32 Å². The quantitative estimate of drug-likeness (QED) is 0.790. The van der Waals surface area contributed by atoms with Crippen molar-refractivity contribution in [1.82, 2.24) is 0 Å². The highest BCUT2D eigenvalue weighted by atomic mass is 79.9. The molecule has 0 aliphatic heterocycles. The summed E-state index contributed by atoms with van der Waals surface area (Å²) in [5, 5.41) is 3.69. The van der Waals surface area contributed by atoms with Gasteiger partial charge in [0.2, 0.25) is 0 Å². The van der Waals surface area contributed by atoms with Crippen molar-refractivity contribution in [2.45, 2.75) is 52.5 Å². The second kappa shape index (κ2) is 6.10. The van der Waals surface area contributed by atoms with Crippen LogP contribution in [0.2, 0.25) is 0 Å². The van der Waals surface area contributed by atoms with E-state index < -0.39 is 0 Å². The number of hydrogen-bond donors (Lipinski definition) is 1. The smallest absolute Gasteiger partial charge is 0.0486 e. The summed E-state index contributed by atoms with van der Waals surface area (Å²) in [7, 11) is 0. The zero-order chi connectivity index (χ0) is 13.1. The molecule has 1 saturated carbocycles. The Bertz CT molecular complexity index is 392. The fourth-order valence-electron chi connectivity index (χ4n) is 2.89. The van der Waals surface area contributed by atoms with Crippen LogP contribution in [0.4, 0.5) is 5.69 Å². The molecule has 100 valence electrons. The van der Waals surface area contributed by atoms with Gasteiger partial charge in [-0.25, -0.2) is 0 Å². The van der Waals surface area contributed by atoms with Crippen molar-refractivity contribution < 1.29 is 0 Å². The fraction of sp³-hybridized carbons (Fsp3) is 0.625. The summed E-state index contributed by atoms with van der Waals surface area (Å²) in [5.41, 5.74) is 2.55. The van der Waals surface area contributed by atoms with Crippen LogP contribution >= 0.6 is 15.9 Å². The van der Waals surface area contributed by atoms with Gasteiger partial charge in [0.05, 0.1) is 0 Å². The molecule has 2 heteroatoms. The van der Waals surface area contributed by atoms with Gasteiger partial charge in [0, 0.05) is 16.2 Å². The minimum absolute atomic E-state index is 0.652. The molecule has 0 heterocycles. The first-order valence-corrected chi connectivity index (χ1v) is 7.88. The third-order valence-corrected chi connectivity index (χ3v) is 4.85. The van der Waals surface area contributed by atoms with Gasteiger partial charge >= 0.3 is 0 Å². The molecule has 1 aromatic carbocycles. The molecular weight excluding hydrogens is 286 g/mol. The predicted molar refractivity (Wildman–Crippen MR) is 83.1 cm³/mol. The van der Waals surface area contributed by atoms with Crippen molar-refractivity contribution in [3.8, 4) is 0 Å². The van der Waals surface area contributed by atoms with Crippen LogP contribution in [0.25, 0.3) is 0 Å². The number of halogens is 1. The molecule has 2 rings (SSSR count). The van der Waals surface area contributed by atoms with Gasteiger partial charge in [-0.1, -0.05) is 19.9 Å². The van der Waals surface area contributed by atoms with Crippen LogP contribution in [-0.4, -0.2) is 6.04 Å². The fourth-order valence-corrected chi connectivity index (χ4v) is 3.50. The zero-order valence-electron chi connectivity index (χ0n) is 11.7. The van der Waals surface area contributed by atoms with Crippen LogP contribution in [0.1, 0.15) is 45.1 Å². The van der Waals surface area contributed by atoms with E-state index in [9.17, 15) is 0 Å². The van der Waals surface area contributed by atoms with E-state index in [1.807, 2.05) is 0 Å². The van der Waals surface area contributed by atoms with E-state index in [0.717, 1.165) is 11.8 Å². The van der Waals surface area contributed by atoms with Gasteiger partial charge in [0.1, 0.15) is 0 Å². The molecule has 1 N–H and O–H groups in total. The van der Waals surface area contributed by atoms with E-state index >= 15 is 0 Å². The third-order valence-electron chi connectivity index (χ3n) is 4.20. The van der Waals surface area contributed by atoms with Crippen LogP contribution < -0.4 is 5.32 Å². The Morgan fingerprint density at radius 1 is 1.17 bits per heavy atom. The van der Waals surface area contributed by atoms with E-state index in [0.29, 0.717) is 6.04 Å². The topological polar surface area (TPSA) is 12.0 Å². The molecule has 0 bridgehead atoms. The molecule has 0 saturated heterocycles. The van der Waals surface area contributed by atoms with Crippen LogP contribution in [0.5, 0.6) is 0 Å². The summed E-state index contributed by atoms with van der Waals surface area (Å²) in [4.78, 5) is 0. The molecule has 0 unspecified atom stereocenters. The number of aryl methyl sites for hydroxylation is 1. The third kappa shape index (κ3) is 3.50. The maximum Gasteiger partial charge on any atom is 0.0486 e. The first-order valence-electron chi connectivity index (χ1n) is 7.09. The van der Waals surface area contributed by atoms with Crippen molar-refractivity contribution >= 4 is 21.6 Å². The highest BCUT2D eigenvalue weighted by Gasteiger charge is 2.23. The van der Waals surface area contributed by atoms with Crippen LogP contribution in [0, 0.1) is 18.8 Å². The number of hydrogen-bond acceptors (Lipinski definition) is 1. The maximum atomic E-state index is 3.69. The molecule has 1 aliphatic carbocycles. The van der Waals surface area contributed by atoms with Crippen molar-refractivity contribution in [1.29, 1.82) is 0 Å². The van der Waals surface area contributed by atoms with Gasteiger partial charge in [-0.3, -0.25) is 0 Å². The lowest BCUT2D eigenvalue weighted by Crippen LogP contribution is -2.28. The van der Waals surface area contributed by atoms with Crippen molar-refractivity contribution in [2.24, 2.45) is 11.8 Å². The summed E-state index contributed by atoms with van der Waals surface area (Å²) in [6.07, 6.45) is 5.37. The van der Waals surface area contributed by atoms with Crippen LogP contribution in [-0.2, 0) is 0 Å². The second-order valence-electron chi connectivity index (χ2n) is 5.98. The number of anilines is 1. The SMILES string of the molecule is Cc1ccc(NC2CCC(C(C)C)CC2)c(Br)c1. The Morgan fingerprint density at radius 2 is 1.83 bits per heavy atom. The van der Waals surface area contributed by atoms with Gasteiger partial charge in [-0.05, 0) is 78.1 Å². The number of rotatable bonds is 3. The lowest BCUT2D eigenvalue weighted by Gasteiger charge is -2.32. The van der Waals surface area contributed by atoms with E-state index in [1.54, 1.807) is 0 Å². The van der Waals surface area contributed by atoms with E-state index in [4.69, 9.17) is 0 Å². The molecule has 1 nitrogen and oxygen atoms in total. The van der Waals surface area contributed by atoms with Crippen LogP contribution in [0.3, 0.4) is 0 Å². The average Bonchev–Trinajstić information content (AvgIpc) is 2.33. The van der Waals surface area contributed by atoms with E-state index in [-0.39, 0.29) is 0 Å². The molecule has 0 atom stereocenters. The molecule has 1 aliphatic rings. The Kier molecular flexibility index (Phi) is 4.71. The summed E-state index contributed by atoms with van der Waals surface area (Å²) >= 11 is 3.65. The normalized spacial score (nSPS) is 24.3. The molecule has 1 aromatic rings. The monoisotopic (exact) mass is 309 g/mol. The maximum absolute atomic E-state index is 3.69. The number of benzene rings is 1. The Hall–Kier alpha value is -0.500. The Morgan fingerprint density at radius 3 is 2.39 bits per heavy atom. The molecule has 0 spiro atoms. The highest BCUT2D eigenvalue weighted by molar-refractivity contribution is 9.10. The minimum atomic E-state index is 0.652. The Labute approximate surface area is 119 Å². The molecule has 0 amide bonds. The average molecular weight is 310 g/mol.